The number of nitrogens with zero attached hydrogens (tertiary/aromatic N) is 3. The third-order valence-electron chi connectivity index (χ3n) is 9.36. The summed E-state index contributed by atoms with van der Waals surface area (Å²) in [6.07, 6.45) is 0. The molecule has 0 saturated carbocycles. The Hall–Kier alpha value is -6.85. The van der Waals surface area contributed by atoms with E-state index in [1.807, 2.05) is 72.8 Å². The molecule has 5 heteroatoms. The van der Waals surface area contributed by atoms with Gasteiger partial charge >= 0.3 is 0 Å². The fourth-order valence-corrected chi connectivity index (χ4v) is 6.79. The van der Waals surface area contributed by atoms with E-state index in [0.29, 0.717) is 17.5 Å². The maximum Gasteiger partial charge on any atom is 0.164 e. The number of rotatable bonds is 5. The zero-order valence-electron chi connectivity index (χ0n) is 26.7. The van der Waals surface area contributed by atoms with Gasteiger partial charge in [-0.15, -0.1) is 0 Å². The van der Waals surface area contributed by atoms with Gasteiger partial charge in [-0.3, -0.25) is 0 Å². The van der Waals surface area contributed by atoms with Crippen molar-refractivity contribution in [2.75, 3.05) is 0 Å². The number of fused-ring (bicyclic) bond motifs is 6. The van der Waals surface area contributed by atoms with Gasteiger partial charge < -0.3 is 8.83 Å². The topological polar surface area (TPSA) is 65.0 Å². The third kappa shape index (κ3) is 4.83. The van der Waals surface area contributed by atoms with E-state index in [1.54, 1.807) is 0 Å². The zero-order chi connectivity index (χ0) is 33.0. The summed E-state index contributed by atoms with van der Waals surface area (Å²) in [6.45, 7) is 0. The van der Waals surface area contributed by atoms with Crippen LogP contribution in [0.5, 0.6) is 0 Å². The van der Waals surface area contributed by atoms with Gasteiger partial charge in [0.05, 0.1) is 0 Å². The predicted octanol–water partition coefficient (Wildman–Crippen LogP) is 12.0. The van der Waals surface area contributed by atoms with Crippen molar-refractivity contribution in [3.63, 3.8) is 0 Å². The van der Waals surface area contributed by atoms with E-state index in [0.717, 1.165) is 77.3 Å². The van der Waals surface area contributed by atoms with Crippen LogP contribution in [0.4, 0.5) is 0 Å². The van der Waals surface area contributed by atoms with Gasteiger partial charge in [-0.05, 0) is 70.8 Å². The van der Waals surface area contributed by atoms with Gasteiger partial charge in [-0.2, -0.15) is 0 Å². The van der Waals surface area contributed by atoms with E-state index >= 15 is 0 Å². The molecule has 0 atom stereocenters. The van der Waals surface area contributed by atoms with Gasteiger partial charge in [0.1, 0.15) is 22.3 Å². The van der Waals surface area contributed by atoms with E-state index in [9.17, 15) is 0 Å². The first-order valence-electron chi connectivity index (χ1n) is 16.6. The average Bonchev–Trinajstić information content (AvgIpc) is 3.75. The first-order chi connectivity index (χ1) is 24.7. The summed E-state index contributed by atoms with van der Waals surface area (Å²) in [7, 11) is 0. The zero-order valence-corrected chi connectivity index (χ0v) is 26.7. The Morgan fingerprint density at radius 1 is 0.260 bits per heavy atom. The fraction of sp³-hybridized carbons (Fsp3) is 0. The molecule has 0 N–H and O–H groups in total. The van der Waals surface area contributed by atoms with Crippen LogP contribution in [0.25, 0.3) is 100 Å². The Labute approximate surface area is 287 Å². The van der Waals surface area contributed by atoms with Crippen LogP contribution in [0.2, 0.25) is 0 Å². The lowest BCUT2D eigenvalue weighted by Crippen LogP contribution is -2.00. The SMILES string of the molecule is c1ccc(-c2ccc(-c3nc(-c4ccccc4)nc(-c4ccc5oc6ccc(-c7ccc8c(c7)oc7ccccc78)cc6c5c4)n3)cc2)cc1. The van der Waals surface area contributed by atoms with Crippen molar-refractivity contribution >= 4 is 43.9 Å². The summed E-state index contributed by atoms with van der Waals surface area (Å²) in [5.41, 5.74) is 10.6. The summed E-state index contributed by atoms with van der Waals surface area (Å²) in [5.74, 6) is 1.84. The van der Waals surface area contributed by atoms with Crippen molar-refractivity contribution in [1.29, 1.82) is 0 Å². The van der Waals surface area contributed by atoms with Gasteiger partial charge in [0.15, 0.2) is 17.5 Å². The van der Waals surface area contributed by atoms with Crippen LogP contribution in [0.15, 0.2) is 173 Å². The maximum absolute atomic E-state index is 6.31. The lowest BCUT2D eigenvalue weighted by Gasteiger charge is -2.09. The highest BCUT2D eigenvalue weighted by Crippen LogP contribution is 2.37. The summed E-state index contributed by atoms with van der Waals surface area (Å²) in [4.78, 5) is 14.9. The van der Waals surface area contributed by atoms with E-state index in [4.69, 9.17) is 23.8 Å². The van der Waals surface area contributed by atoms with Crippen LogP contribution in [-0.4, -0.2) is 15.0 Å². The maximum atomic E-state index is 6.31. The number of aromatic nitrogens is 3. The van der Waals surface area contributed by atoms with Crippen LogP contribution in [0.3, 0.4) is 0 Å². The second-order valence-electron chi connectivity index (χ2n) is 12.4. The minimum absolute atomic E-state index is 0.601. The quantitative estimate of drug-likeness (QED) is 0.187. The molecule has 0 aliphatic heterocycles. The molecular weight excluding hydrogens is 615 g/mol. The normalized spacial score (nSPS) is 11.6. The van der Waals surface area contributed by atoms with Crippen molar-refractivity contribution in [1.82, 2.24) is 15.0 Å². The minimum atomic E-state index is 0.601. The summed E-state index contributed by atoms with van der Waals surface area (Å²) in [5, 5.41) is 4.26. The van der Waals surface area contributed by atoms with Crippen molar-refractivity contribution in [3.8, 4) is 56.4 Å². The Bertz CT molecular complexity index is 2850. The molecule has 50 heavy (non-hydrogen) atoms. The first kappa shape index (κ1) is 28.2. The third-order valence-corrected chi connectivity index (χ3v) is 9.36. The smallest absolute Gasteiger partial charge is 0.164 e. The summed E-state index contributed by atoms with van der Waals surface area (Å²) >= 11 is 0. The van der Waals surface area contributed by atoms with Crippen LogP contribution < -0.4 is 0 Å². The Morgan fingerprint density at radius 2 is 0.680 bits per heavy atom. The number of hydrogen-bond acceptors (Lipinski definition) is 5. The molecule has 0 fully saturated rings. The molecule has 7 aromatic carbocycles. The molecule has 10 rings (SSSR count). The highest BCUT2D eigenvalue weighted by Gasteiger charge is 2.16. The van der Waals surface area contributed by atoms with Crippen molar-refractivity contribution in [2.45, 2.75) is 0 Å². The van der Waals surface area contributed by atoms with Gasteiger partial charge in [-0.25, -0.2) is 15.0 Å². The highest BCUT2D eigenvalue weighted by molar-refractivity contribution is 6.09. The second-order valence-corrected chi connectivity index (χ2v) is 12.4. The first-order valence-corrected chi connectivity index (χ1v) is 16.6. The van der Waals surface area contributed by atoms with Gasteiger partial charge in [0.25, 0.3) is 0 Å². The molecular formula is C45H27N3O2. The van der Waals surface area contributed by atoms with Crippen molar-refractivity contribution < 1.29 is 8.83 Å². The van der Waals surface area contributed by atoms with Gasteiger partial charge in [0, 0.05) is 38.2 Å². The van der Waals surface area contributed by atoms with E-state index in [2.05, 4.69) is 91.0 Å². The molecule has 0 spiro atoms. The highest BCUT2D eigenvalue weighted by atomic mass is 16.3. The average molecular weight is 642 g/mol. The Morgan fingerprint density at radius 3 is 1.40 bits per heavy atom. The predicted molar refractivity (Wildman–Crippen MR) is 202 cm³/mol. The van der Waals surface area contributed by atoms with E-state index in [-0.39, 0.29) is 0 Å². The molecule has 0 unspecified atom stereocenters. The molecule has 3 heterocycles. The molecule has 0 bridgehead atoms. The lowest BCUT2D eigenvalue weighted by atomic mass is 10.0. The Kier molecular flexibility index (Phi) is 6.42. The molecule has 10 aromatic rings. The summed E-state index contributed by atoms with van der Waals surface area (Å²) in [6, 6.07) is 55.8. The summed E-state index contributed by atoms with van der Waals surface area (Å²) < 4.78 is 12.5. The molecule has 0 aliphatic rings. The number of para-hydroxylation sites is 1. The van der Waals surface area contributed by atoms with E-state index in [1.165, 1.54) is 5.56 Å². The van der Waals surface area contributed by atoms with Gasteiger partial charge in [-0.1, -0.05) is 115 Å². The Balaban J connectivity index is 1.08. The molecule has 0 radical (unpaired) electrons. The molecule has 3 aromatic heterocycles. The monoisotopic (exact) mass is 641 g/mol. The van der Waals surface area contributed by atoms with Gasteiger partial charge in [0.2, 0.25) is 0 Å². The number of hydrogen-bond donors (Lipinski definition) is 0. The van der Waals surface area contributed by atoms with Crippen molar-refractivity contribution in [3.05, 3.63) is 164 Å². The molecule has 0 aliphatic carbocycles. The van der Waals surface area contributed by atoms with Crippen molar-refractivity contribution in [2.24, 2.45) is 0 Å². The second kappa shape index (κ2) is 11.4. The standard InChI is InChI=1S/C45H27N3O2/c1-3-9-28(10-4-1)29-15-17-31(18-16-29)44-46-43(30-11-5-2-6-12-30)47-45(48-44)34-21-24-41-38(26-34)37-25-32(20-23-40(37)49-41)33-19-22-36-35-13-7-8-14-39(35)50-42(36)27-33/h1-27H. The van der Waals surface area contributed by atoms with Crippen LogP contribution >= 0.6 is 0 Å². The van der Waals surface area contributed by atoms with Crippen LogP contribution in [-0.2, 0) is 0 Å². The van der Waals surface area contributed by atoms with E-state index < -0.39 is 0 Å². The molecule has 0 amide bonds. The molecule has 234 valence electrons. The fourth-order valence-electron chi connectivity index (χ4n) is 6.79. The van der Waals surface area contributed by atoms with Crippen LogP contribution in [0.1, 0.15) is 0 Å². The minimum Gasteiger partial charge on any atom is -0.456 e. The molecule has 0 saturated heterocycles. The largest absolute Gasteiger partial charge is 0.456 e. The number of furan rings is 2. The molecule has 5 nitrogen and oxygen atoms in total. The van der Waals surface area contributed by atoms with Crippen LogP contribution in [0, 0.1) is 0 Å². The number of benzene rings is 7. The lowest BCUT2D eigenvalue weighted by molar-refractivity contribution is 0.669.